The molecule has 6 heteroatoms. The van der Waals surface area contributed by atoms with Gasteiger partial charge in [0.15, 0.2) is 0 Å². The van der Waals surface area contributed by atoms with Crippen molar-refractivity contribution >= 4 is 23.3 Å². The molecule has 0 aliphatic carbocycles. The van der Waals surface area contributed by atoms with E-state index in [9.17, 15) is 9.59 Å². The van der Waals surface area contributed by atoms with Gasteiger partial charge in [0, 0.05) is 29.9 Å². The number of carbonyl (C=O) groups excluding carboxylic acids is 2. The average Bonchev–Trinajstić information content (AvgIpc) is 3.02. The van der Waals surface area contributed by atoms with Gasteiger partial charge < -0.3 is 10.6 Å². The Labute approximate surface area is 145 Å². The number of aromatic nitrogens is 2. The molecule has 2 aromatic carbocycles. The minimum absolute atomic E-state index is 0.215. The molecule has 0 bridgehead atoms. The van der Waals surface area contributed by atoms with Crippen LogP contribution >= 0.6 is 0 Å². The van der Waals surface area contributed by atoms with Gasteiger partial charge in [0.05, 0.1) is 6.20 Å². The first-order valence-electron chi connectivity index (χ1n) is 7.81. The largest absolute Gasteiger partial charge is 0.322 e. The Morgan fingerprint density at radius 1 is 0.920 bits per heavy atom. The summed E-state index contributed by atoms with van der Waals surface area (Å²) in [6, 6.07) is 15.8. The van der Waals surface area contributed by atoms with Gasteiger partial charge in [-0.2, -0.15) is 5.10 Å². The van der Waals surface area contributed by atoms with E-state index in [0.29, 0.717) is 22.6 Å². The van der Waals surface area contributed by atoms with E-state index in [1.807, 2.05) is 13.0 Å². The summed E-state index contributed by atoms with van der Waals surface area (Å²) in [6.07, 6.45) is 1.61. The van der Waals surface area contributed by atoms with E-state index in [0.717, 1.165) is 5.56 Å². The van der Waals surface area contributed by atoms with Crippen LogP contribution in [0.25, 0.3) is 0 Å². The molecule has 25 heavy (non-hydrogen) atoms. The molecule has 0 saturated heterocycles. The minimum Gasteiger partial charge on any atom is -0.322 e. The third-order valence-electron chi connectivity index (χ3n) is 3.85. The highest BCUT2D eigenvalue weighted by Gasteiger charge is 2.12. The molecule has 3 rings (SSSR count). The maximum atomic E-state index is 12.4. The van der Waals surface area contributed by atoms with Crippen LogP contribution in [0.3, 0.4) is 0 Å². The van der Waals surface area contributed by atoms with Crippen molar-refractivity contribution in [3.63, 3.8) is 0 Å². The lowest BCUT2D eigenvalue weighted by atomic mass is 10.1. The molecule has 0 aliphatic rings. The number of carbonyl (C=O) groups is 2. The highest BCUT2D eigenvalue weighted by Crippen LogP contribution is 2.19. The summed E-state index contributed by atoms with van der Waals surface area (Å²) in [7, 11) is 1.75. The smallest absolute Gasteiger partial charge is 0.256 e. The first kappa shape index (κ1) is 16.4. The van der Waals surface area contributed by atoms with Gasteiger partial charge in [-0.1, -0.05) is 24.3 Å². The lowest BCUT2D eigenvalue weighted by molar-refractivity contribution is 0.101. The summed E-state index contributed by atoms with van der Waals surface area (Å²) in [5.74, 6) is 0.118. The number of aryl methyl sites for hydroxylation is 2. The fourth-order valence-corrected chi connectivity index (χ4v) is 2.37. The number of amides is 2. The number of benzene rings is 2. The molecular formula is C19H18N4O2. The Morgan fingerprint density at radius 2 is 1.64 bits per heavy atom. The molecule has 2 N–H and O–H groups in total. The Morgan fingerprint density at radius 3 is 2.32 bits per heavy atom. The van der Waals surface area contributed by atoms with Crippen LogP contribution in [0.5, 0.6) is 0 Å². The van der Waals surface area contributed by atoms with Crippen LogP contribution in [0.4, 0.5) is 11.5 Å². The lowest BCUT2D eigenvalue weighted by Gasteiger charge is -2.11. The van der Waals surface area contributed by atoms with Crippen molar-refractivity contribution in [1.29, 1.82) is 0 Å². The molecule has 0 saturated carbocycles. The van der Waals surface area contributed by atoms with E-state index < -0.39 is 0 Å². The molecule has 1 aromatic heterocycles. The van der Waals surface area contributed by atoms with Gasteiger partial charge in [0.1, 0.15) is 5.82 Å². The molecule has 6 nitrogen and oxygen atoms in total. The number of nitrogens with zero attached hydrogens (tertiary/aromatic N) is 2. The van der Waals surface area contributed by atoms with Crippen LogP contribution in [0.15, 0.2) is 60.8 Å². The summed E-state index contributed by atoms with van der Waals surface area (Å²) in [5, 5.41) is 9.66. The number of hydrogen-bond acceptors (Lipinski definition) is 3. The van der Waals surface area contributed by atoms with Crippen LogP contribution in [-0.4, -0.2) is 21.6 Å². The number of nitrogens with one attached hydrogen (secondary N) is 2. The molecule has 126 valence electrons. The van der Waals surface area contributed by atoms with Crippen molar-refractivity contribution in [1.82, 2.24) is 9.78 Å². The Hall–Kier alpha value is -3.41. The van der Waals surface area contributed by atoms with Crippen molar-refractivity contribution in [2.24, 2.45) is 7.05 Å². The van der Waals surface area contributed by atoms with Crippen LogP contribution in [0.1, 0.15) is 26.3 Å². The predicted octanol–water partition coefficient (Wildman–Crippen LogP) is 3.23. The average molecular weight is 334 g/mol. The Kier molecular flexibility index (Phi) is 4.61. The third-order valence-corrected chi connectivity index (χ3v) is 3.85. The van der Waals surface area contributed by atoms with Crippen molar-refractivity contribution in [3.05, 3.63) is 77.5 Å². The van der Waals surface area contributed by atoms with Crippen LogP contribution in [0.2, 0.25) is 0 Å². The monoisotopic (exact) mass is 334 g/mol. The molecule has 0 radical (unpaired) electrons. The SMILES string of the molecule is Cc1ccc(C(=O)Nc2ccnn2C)cc1NC(=O)c1ccccc1. The van der Waals surface area contributed by atoms with E-state index in [4.69, 9.17) is 0 Å². The standard InChI is InChI=1S/C19H18N4O2/c1-13-8-9-15(19(25)22-17-10-11-20-23(17)2)12-16(13)21-18(24)14-6-4-3-5-7-14/h3-12H,1-2H3,(H,21,24)(H,22,25). The molecule has 0 atom stereocenters. The van der Waals surface area contributed by atoms with Gasteiger partial charge in [0.25, 0.3) is 11.8 Å². The Balaban J connectivity index is 1.79. The highest BCUT2D eigenvalue weighted by atomic mass is 16.2. The molecule has 0 spiro atoms. The van der Waals surface area contributed by atoms with E-state index in [2.05, 4.69) is 15.7 Å². The first-order chi connectivity index (χ1) is 12.0. The second-order valence-corrected chi connectivity index (χ2v) is 5.64. The van der Waals surface area contributed by atoms with Crippen molar-refractivity contribution in [3.8, 4) is 0 Å². The summed E-state index contributed by atoms with van der Waals surface area (Å²) < 4.78 is 1.57. The van der Waals surface area contributed by atoms with Crippen molar-refractivity contribution < 1.29 is 9.59 Å². The molecule has 3 aromatic rings. The molecule has 1 heterocycles. The van der Waals surface area contributed by atoms with Gasteiger partial charge >= 0.3 is 0 Å². The fraction of sp³-hybridized carbons (Fsp3) is 0.105. The Bertz CT molecular complexity index is 916. The zero-order valence-corrected chi connectivity index (χ0v) is 14.0. The van der Waals surface area contributed by atoms with E-state index in [1.54, 1.807) is 66.5 Å². The summed E-state index contributed by atoms with van der Waals surface area (Å²) in [5.41, 5.74) is 2.50. The fourth-order valence-electron chi connectivity index (χ4n) is 2.37. The summed E-state index contributed by atoms with van der Waals surface area (Å²) in [4.78, 5) is 24.7. The molecule has 0 aliphatic heterocycles. The number of rotatable bonds is 4. The number of hydrogen-bond donors (Lipinski definition) is 2. The zero-order valence-electron chi connectivity index (χ0n) is 14.0. The lowest BCUT2D eigenvalue weighted by Crippen LogP contribution is -2.16. The topological polar surface area (TPSA) is 76.0 Å². The minimum atomic E-state index is -0.265. The van der Waals surface area contributed by atoms with Crippen molar-refractivity contribution in [2.45, 2.75) is 6.92 Å². The highest BCUT2D eigenvalue weighted by molar-refractivity contribution is 6.07. The van der Waals surface area contributed by atoms with E-state index in [-0.39, 0.29) is 11.8 Å². The molecule has 0 fully saturated rings. The van der Waals surface area contributed by atoms with Gasteiger partial charge in [0.2, 0.25) is 0 Å². The normalized spacial score (nSPS) is 10.3. The second kappa shape index (κ2) is 7.00. The quantitative estimate of drug-likeness (QED) is 0.769. The van der Waals surface area contributed by atoms with E-state index in [1.165, 1.54) is 0 Å². The van der Waals surface area contributed by atoms with Crippen LogP contribution in [0, 0.1) is 6.92 Å². The first-order valence-corrected chi connectivity index (χ1v) is 7.81. The van der Waals surface area contributed by atoms with Crippen LogP contribution in [-0.2, 0) is 7.05 Å². The predicted molar refractivity (Wildman–Crippen MR) is 96.7 cm³/mol. The van der Waals surface area contributed by atoms with Crippen LogP contribution < -0.4 is 10.6 Å². The summed E-state index contributed by atoms with van der Waals surface area (Å²) in [6.45, 7) is 1.88. The maximum absolute atomic E-state index is 12.4. The number of anilines is 2. The molecular weight excluding hydrogens is 316 g/mol. The molecule has 2 amide bonds. The zero-order chi connectivity index (χ0) is 17.8. The van der Waals surface area contributed by atoms with Gasteiger partial charge in [-0.15, -0.1) is 0 Å². The third kappa shape index (κ3) is 3.74. The molecule has 0 unspecified atom stereocenters. The van der Waals surface area contributed by atoms with Gasteiger partial charge in [-0.05, 0) is 36.8 Å². The van der Waals surface area contributed by atoms with E-state index >= 15 is 0 Å². The maximum Gasteiger partial charge on any atom is 0.256 e. The second-order valence-electron chi connectivity index (χ2n) is 5.64. The van der Waals surface area contributed by atoms with Crippen molar-refractivity contribution in [2.75, 3.05) is 10.6 Å². The summed E-state index contributed by atoms with van der Waals surface area (Å²) >= 11 is 0. The van der Waals surface area contributed by atoms with Gasteiger partial charge in [-0.25, -0.2) is 0 Å². The van der Waals surface area contributed by atoms with Gasteiger partial charge in [-0.3, -0.25) is 14.3 Å².